The number of nitrogens with zero attached hydrogens (tertiary/aromatic N) is 3. The second-order valence-corrected chi connectivity index (χ2v) is 10.1. The molecule has 0 unspecified atom stereocenters. The van der Waals surface area contributed by atoms with Gasteiger partial charge in [-0.15, -0.1) is 0 Å². The Kier molecular flexibility index (Phi) is 11.8. The van der Waals surface area contributed by atoms with E-state index in [0.29, 0.717) is 19.6 Å². The van der Waals surface area contributed by atoms with Gasteiger partial charge in [0.05, 0.1) is 12.7 Å². The van der Waals surface area contributed by atoms with Crippen LogP contribution in [0.25, 0.3) is 0 Å². The van der Waals surface area contributed by atoms with Gasteiger partial charge in [0.1, 0.15) is 5.75 Å². The molecule has 46 heavy (non-hydrogen) atoms. The van der Waals surface area contributed by atoms with Crippen LogP contribution in [0.1, 0.15) is 28.4 Å². The summed E-state index contributed by atoms with van der Waals surface area (Å²) in [4.78, 5) is 51.3. The first-order valence-corrected chi connectivity index (χ1v) is 13.8. The second kappa shape index (κ2) is 15.1. The number of benzene rings is 2. The summed E-state index contributed by atoms with van der Waals surface area (Å²) in [6.45, 7) is 6.62. The molecule has 5 amide bonds. The highest BCUT2D eigenvalue weighted by atomic mass is 19.4. The van der Waals surface area contributed by atoms with E-state index in [2.05, 4.69) is 27.8 Å². The molecule has 2 aliphatic heterocycles. The van der Waals surface area contributed by atoms with Crippen LogP contribution in [0.3, 0.4) is 0 Å². The van der Waals surface area contributed by atoms with Crippen molar-refractivity contribution < 1.29 is 55.4 Å². The number of ether oxygens (including phenoxy) is 1. The van der Waals surface area contributed by atoms with Gasteiger partial charge in [0, 0.05) is 68.8 Å². The summed E-state index contributed by atoms with van der Waals surface area (Å²) in [6.07, 6.45) is -9.68. The van der Waals surface area contributed by atoms with Gasteiger partial charge in [0.25, 0.3) is 5.91 Å². The smallest absolute Gasteiger partial charge is 0.490 e. The number of likely N-dealkylation sites (N-methyl/N-ethyl adjacent to an activating group) is 1. The van der Waals surface area contributed by atoms with Crippen molar-refractivity contribution in [2.24, 2.45) is 0 Å². The van der Waals surface area contributed by atoms with Crippen molar-refractivity contribution in [3.05, 3.63) is 53.1 Å². The molecule has 0 bridgehead atoms. The van der Waals surface area contributed by atoms with Gasteiger partial charge in [-0.1, -0.05) is 13.0 Å². The molecule has 2 aromatic rings. The quantitative estimate of drug-likeness (QED) is 0.322. The maximum absolute atomic E-state index is 14.0. The molecule has 12 nitrogen and oxygen atoms in total. The summed E-state index contributed by atoms with van der Waals surface area (Å²) in [7, 11) is 1.37. The number of piperazine rings is 1. The number of carbonyl (C=O) groups excluding carboxylic acids is 3. The van der Waals surface area contributed by atoms with Crippen LogP contribution < -0.4 is 20.7 Å². The second-order valence-electron chi connectivity index (χ2n) is 10.1. The minimum Gasteiger partial charge on any atom is -0.497 e. The van der Waals surface area contributed by atoms with Gasteiger partial charge in [-0.3, -0.25) is 9.69 Å². The number of anilines is 2. The third-order valence-corrected chi connectivity index (χ3v) is 6.98. The summed E-state index contributed by atoms with van der Waals surface area (Å²) < 4.78 is 78.8. The summed E-state index contributed by atoms with van der Waals surface area (Å²) in [5, 5.41) is 14.7. The van der Waals surface area contributed by atoms with Crippen molar-refractivity contribution in [2.75, 3.05) is 63.6 Å². The molecule has 2 aromatic carbocycles. The zero-order chi connectivity index (χ0) is 34.2. The van der Waals surface area contributed by atoms with Crippen molar-refractivity contribution in [2.45, 2.75) is 25.8 Å². The number of rotatable bonds is 7. The maximum Gasteiger partial charge on any atom is 0.490 e. The van der Waals surface area contributed by atoms with Crippen LogP contribution in [0.4, 0.5) is 47.3 Å². The Bertz CT molecular complexity index is 1430. The third-order valence-electron chi connectivity index (χ3n) is 6.98. The molecule has 18 heteroatoms. The largest absolute Gasteiger partial charge is 0.497 e. The van der Waals surface area contributed by atoms with Crippen molar-refractivity contribution >= 4 is 35.3 Å². The Labute approximate surface area is 259 Å². The topological polar surface area (TPSA) is 144 Å². The molecule has 0 aliphatic carbocycles. The summed E-state index contributed by atoms with van der Waals surface area (Å²) in [6, 6.07) is 6.74. The van der Waals surface area contributed by atoms with Crippen molar-refractivity contribution in [1.82, 2.24) is 20.0 Å². The molecule has 252 valence electrons. The number of amides is 5. The van der Waals surface area contributed by atoms with E-state index in [4.69, 9.17) is 14.6 Å². The van der Waals surface area contributed by atoms with E-state index in [-0.39, 0.29) is 41.3 Å². The van der Waals surface area contributed by atoms with Gasteiger partial charge in [0.2, 0.25) is 0 Å². The number of carbonyl (C=O) groups is 4. The van der Waals surface area contributed by atoms with Crippen LogP contribution in [0.15, 0.2) is 36.4 Å². The average Bonchev–Trinajstić information content (AvgIpc) is 3.43. The monoisotopic (exact) mass is 662 g/mol. The third kappa shape index (κ3) is 9.96. The van der Waals surface area contributed by atoms with Gasteiger partial charge in [-0.25, -0.2) is 19.3 Å². The average molecular weight is 663 g/mol. The predicted octanol–water partition coefficient (Wildman–Crippen LogP) is 4.29. The number of hydrogen-bond donors (Lipinski definition) is 4. The van der Waals surface area contributed by atoms with Gasteiger partial charge in [0.15, 0.2) is 0 Å². The van der Waals surface area contributed by atoms with Crippen LogP contribution >= 0.6 is 0 Å². The molecule has 0 saturated carbocycles. The molecule has 2 aliphatic rings. The molecule has 2 saturated heterocycles. The lowest BCUT2D eigenvalue weighted by Crippen LogP contribution is -2.45. The van der Waals surface area contributed by atoms with Crippen LogP contribution in [0.5, 0.6) is 5.75 Å². The molecule has 0 radical (unpaired) electrons. The highest BCUT2D eigenvalue weighted by Gasteiger charge is 2.38. The lowest BCUT2D eigenvalue weighted by Gasteiger charge is -2.34. The number of alkyl halides is 6. The lowest BCUT2D eigenvalue weighted by molar-refractivity contribution is -0.192. The van der Waals surface area contributed by atoms with Gasteiger partial charge >= 0.3 is 30.4 Å². The molecule has 4 N–H and O–H groups in total. The Balaban J connectivity index is 0.000000738. The van der Waals surface area contributed by atoms with E-state index >= 15 is 0 Å². The molecule has 2 fully saturated rings. The Morgan fingerprint density at radius 3 is 2.07 bits per heavy atom. The van der Waals surface area contributed by atoms with Crippen LogP contribution in [-0.2, 0) is 17.5 Å². The normalized spacial score (nSPS) is 15.8. The van der Waals surface area contributed by atoms with Crippen LogP contribution in [-0.4, -0.2) is 103 Å². The number of carboxylic acids is 1. The molecule has 2 heterocycles. The highest BCUT2D eigenvalue weighted by Crippen LogP contribution is 2.35. The van der Waals surface area contributed by atoms with E-state index in [1.807, 2.05) is 4.90 Å². The summed E-state index contributed by atoms with van der Waals surface area (Å²) in [5.74, 6) is -3.22. The fourth-order valence-corrected chi connectivity index (χ4v) is 4.54. The lowest BCUT2D eigenvalue weighted by atomic mass is 10.0. The Morgan fingerprint density at radius 1 is 0.913 bits per heavy atom. The van der Waals surface area contributed by atoms with Crippen molar-refractivity contribution in [3.8, 4) is 5.75 Å². The van der Waals surface area contributed by atoms with Gasteiger partial charge in [-0.2, -0.15) is 26.3 Å². The molecular weight excluding hydrogens is 630 g/mol. The number of hydrogen-bond acceptors (Lipinski definition) is 7. The number of nitrogens with one attached hydrogen (secondary N) is 3. The Hall–Kier alpha value is -4.58. The Morgan fingerprint density at radius 2 is 1.54 bits per heavy atom. The standard InChI is InChI=1S/C26H31F3N6O4.C2HF3O2/c1-3-33-8-10-34(11-9-33)16-17-4-5-19(15-22(17)26(27,28)29)31-23(36)18-12-20(14-21(13-18)39-2)32-25(38)35-7-6-30-24(35)37;3-2(4,5)1(6)7/h4-5,12-15H,3,6-11,16H2,1-2H3,(H,30,37)(H,31,36)(H,32,38);(H,6,7). The summed E-state index contributed by atoms with van der Waals surface area (Å²) in [5.41, 5.74) is -0.460. The van der Waals surface area contributed by atoms with Gasteiger partial charge < -0.3 is 30.7 Å². The first-order chi connectivity index (χ1) is 21.5. The number of methoxy groups -OCH3 is 1. The van der Waals surface area contributed by atoms with Crippen LogP contribution in [0.2, 0.25) is 0 Å². The zero-order valence-electron chi connectivity index (χ0n) is 24.7. The zero-order valence-corrected chi connectivity index (χ0v) is 24.7. The SMILES string of the molecule is CCN1CCN(Cc2ccc(NC(=O)c3cc(NC(=O)N4CCNC4=O)cc(OC)c3)cc2C(F)(F)F)CC1.O=C(O)C(F)(F)F. The molecule has 0 atom stereocenters. The molecule has 4 rings (SSSR count). The van der Waals surface area contributed by atoms with Gasteiger partial charge in [-0.05, 0) is 36.4 Å². The van der Waals surface area contributed by atoms with E-state index < -0.39 is 41.9 Å². The van der Waals surface area contributed by atoms with Crippen molar-refractivity contribution in [3.63, 3.8) is 0 Å². The van der Waals surface area contributed by atoms with E-state index in [9.17, 15) is 40.7 Å². The van der Waals surface area contributed by atoms with E-state index in [1.54, 1.807) is 0 Å². The predicted molar refractivity (Wildman–Crippen MR) is 153 cm³/mol. The number of halogens is 6. The maximum atomic E-state index is 14.0. The molecule has 0 aromatic heterocycles. The minimum absolute atomic E-state index is 0.0194. The number of aliphatic carboxylic acids is 1. The fraction of sp³-hybridized carbons (Fsp3) is 0.429. The number of imide groups is 1. The minimum atomic E-state index is -5.08. The van der Waals surface area contributed by atoms with E-state index in [1.165, 1.54) is 37.4 Å². The van der Waals surface area contributed by atoms with Crippen molar-refractivity contribution in [1.29, 1.82) is 0 Å². The molecular formula is C28H32F6N6O6. The first-order valence-electron chi connectivity index (χ1n) is 13.8. The molecule has 0 spiro atoms. The van der Waals surface area contributed by atoms with E-state index in [0.717, 1.165) is 30.6 Å². The highest BCUT2D eigenvalue weighted by molar-refractivity contribution is 6.06. The summed E-state index contributed by atoms with van der Waals surface area (Å²) >= 11 is 0. The van der Waals surface area contributed by atoms with Crippen LogP contribution in [0, 0.1) is 0 Å². The first kappa shape index (κ1) is 35.9. The fourth-order valence-electron chi connectivity index (χ4n) is 4.54. The number of carboxylic acid groups (broad SMARTS) is 1. The number of urea groups is 2.